The lowest BCUT2D eigenvalue weighted by molar-refractivity contribution is -0.111. The van der Waals surface area contributed by atoms with Gasteiger partial charge in [-0.1, -0.05) is 18.2 Å². The quantitative estimate of drug-likeness (QED) is 0.323. The lowest BCUT2D eigenvalue weighted by Crippen LogP contribution is -2.10. The van der Waals surface area contributed by atoms with E-state index in [1.54, 1.807) is 47.7 Å². The molecule has 0 aliphatic heterocycles. The molecule has 176 valence electrons. The van der Waals surface area contributed by atoms with Crippen molar-refractivity contribution < 1.29 is 19.1 Å². The number of amides is 2. The van der Waals surface area contributed by atoms with E-state index in [9.17, 15) is 9.59 Å². The number of thiazole rings is 1. The standard InChI is InChI=1S/C26H22N4O4S/c1-17-29-21(16-35-17)15-33-22-9-5-18(6-10-22)7-11-24(31)30-20-8-12-25(28-14-20)34-23-4-2-3-19(13-23)26(27)32/h2-14,16H,15H2,1H3,(H2,27,32)(H,30,31)/b11-7+. The SMILES string of the molecule is Cc1nc(COc2ccc(/C=C/C(=O)Nc3ccc(Oc4cccc(C(N)=O)c4)nc3)cc2)cs1. The Morgan fingerprint density at radius 2 is 1.91 bits per heavy atom. The van der Waals surface area contributed by atoms with Gasteiger partial charge in [0.15, 0.2) is 0 Å². The van der Waals surface area contributed by atoms with Crippen LogP contribution in [0, 0.1) is 6.92 Å². The molecule has 0 aliphatic rings. The summed E-state index contributed by atoms with van der Waals surface area (Å²) < 4.78 is 11.4. The summed E-state index contributed by atoms with van der Waals surface area (Å²) in [6.07, 6.45) is 4.63. The lowest BCUT2D eigenvalue weighted by atomic mass is 10.2. The molecule has 0 bridgehead atoms. The van der Waals surface area contributed by atoms with Crippen LogP contribution in [0.5, 0.6) is 17.4 Å². The molecule has 9 heteroatoms. The number of carbonyl (C=O) groups excluding carboxylic acids is 2. The Balaban J connectivity index is 1.27. The smallest absolute Gasteiger partial charge is 0.248 e. The van der Waals surface area contributed by atoms with Crippen LogP contribution in [-0.2, 0) is 11.4 Å². The summed E-state index contributed by atoms with van der Waals surface area (Å²) in [5, 5.41) is 5.73. The van der Waals surface area contributed by atoms with Crippen LogP contribution < -0.4 is 20.5 Å². The molecule has 8 nitrogen and oxygen atoms in total. The Morgan fingerprint density at radius 1 is 1.09 bits per heavy atom. The van der Waals surface area contributed by atoms with Crippen molar-refractivity contribution in [3.63, 3.8) is 0 Å². The molecule has 3 N–H and O–H groups in total. The van der Waals surface area contributed by atoms with Crippen molar-refractivity contribution in [3.05, 3.63) is 100 Å². The number of pyridine rings is 1. The topological polar surface area (TPSA) is 116 Å². The van der Waals surface area contributed by atoms with Gasteiger partial charge in [0.05, 0.1) is 22.6 Å². The minimum atomic E-state index is -0.541. The van der Waals surface area contributed by atoms with Gasteiger partial charge in [0.2, 0.25) is 17.7 Å². The number of hydrogen-bond donors (Lipinski definition) is 2. The van der Waals surface area contributed by atoms with Crippen molar-refractivity contribution >= 4 is 34.9 Å². The number of nitrogens with two attached hydrogens (primary N) is 1. The van der Waals surface area contributed by atoms with Gasteiger partial charge in [0, 0.05) is 23.1 Å². The maximum atomic E-state index is 12.3. The Kier molecular flexibility index (Phi) is 7.49. The molecule has 0 aliphatic carbocycles. The summed E-state index contributed by atoms with van der Waals surface area (Å²) >= 11 is 1.59. The second kappa shape index (κ2) is 11.1. The highest BCUT2D eigenvalue weighted by molar-refractivity contribution is 7.09. The molecule has 35 heavy (non-hydrogen) atoms. The van der Waals surface area contributed by atoms with E-state index >= 15 is 0 Å². The molecule has 2 heterocycles. The molecule has 0 fully saturated rings. The first-order chi connectivity index (χ1) is 16.9. The molecular weight excluding hydrogens is 464 g/mol. The summed E-state index contributed by atoms with van der Waals surface area (Å²) in [4.78, 5) is 32.1. The molecule has 0 saturated carbocycles. The normalized spacial score (nSPS) is 10.8. The lowest BCUT2D eigenvalue weighted by Gasteiger charge is -2.07. The van der Waals surface area contributed by atoms with E-state index in [0.717, 1.165) is 22.0 Å². The van der Waals surface area contributed by atoms with Crippen LogP contribution in [0.4, 0.5) is 5.69 Å². The van der Waals surface area contributed by atoms with Crippen molar-refractivity contribution in [1.29, 1.82) is 0 Å². The highest BCUT2D eigenvalue weighted by atomic mass is 32.1. The van der Waals surface area contributed by atoms with Crippen molar-refractivity contribution in [3.8, 4) is 17.4 Å². The third kappa shape index (κ3) is 6.99. The van der Waals surface area contributed by atoms with Crippen LogP contribution in [0.3, 0.4) is 0 Å². The van der Waals surface area contributed by atoms with Gasteiger partial charge in [-0.15, -0.1) is 11.3 Å². The average molecular weight is 487 g/mol. The van der Waals surface area contributed by atoms with Gasteiger partial charge in [0.25, 0.3) is 0 Å². The average Bonchev–Trinajstić information content (AvgIpc) is 3.28. The Morgan fingerprint density at radius 3 is 2.60 bits per heavy atom. The number of benzene rings is 2. The first-order valence-corrected chi connectivity index (χ1v) is 11.5. The van der Waals surface area contributed by atoms with E-state index in [1.165, 1.54) is 18.3 Å². The predicted molar refractivity (Wildman–Crippen MR) is 135 cm³/mol. The maximum Gasteiger partial charge on any atom is 0.248 e. The van der Waals surface area contributed by atoms with Gasteiger partial charge in [-0.25, -0.2) is 9.97 Å². The fourth-order valence-corrected chi connectivity index (χ4v) is 3.61. The number of aryl methyl sites for hydroxylation is 1. The van der Waals surface area contributed by atoms with E-state index < -0.39 is 5.91 Å². The second-order valence-electron chi connectivity index (χ2n) is 7.42. The summed E-state index contributed by atoms with van der Waals surface area (Å²) in [5.74, 6) is 0.636. The zero-order valence-electron chi connectivity index (χ0n) is 18.8. The van der Waals surface area contributed by atoms with E-state index in [0.29, 0.717) is 29.5 Å². The zero-order valence-corrected chi connectivity index (χ0v) is 19.6. The van der Waals surface area contributed by atoms with Crippen molar-refractivity contribution in [2.75, 3.05) is 5.32 Å². The minimum Gasteiger partial charge on any atom is -0.487 e. The number of anilines is 1. The molecule has 0 atom stereocenters. The van der Waals surface area contributed by atoms with Gasteiger partial charge < -0.3 is 20.5 Å². The number of primary amides is 1. The molecule has 4 rings (SSSR count). The number of ether oxygens (including phenoxy) is 2. The summed E-state index contributed by atoms with van der Waals surface area (Å²) in [6, 6.07) is 17.2. The Hall–Kier alpha value is -4.50. The Labute approximate surface area is 206 Å². The van der Waals surface area contributed by atoms with Crippen LogP contribution >= 0.6 is 11.3 Å². The van der Waals surface area contributed by atoms with Crippen molar-refractivity contribution in [1.82, 2.24) is 9.97 Å². The van der Waals surface area contributed by atoms with Crippen LogP contribution in [0.25, 0.3) is 6.08 Å². The van der Waals surface area contributed by atoms with Gasteiger partial charge in [0.1, 0.15) is 18.1 Å². The number of hydrogen-bond acceptors (Lipinski definition) is 7. The van der Waals surface area contributed by atoms with E-state index in [2.05, 4.69) is 15.3 Å². The summed E-state index contributed by atoms with van der Waals surface area (Å²) in [6.45, 7) is 2.38. The van der Waals surface area contributed by atoms with Crippen molar-refractivity contribution in [2.24, 2.45) is 5.73 Å². The molecule has 2 amide bonds. The number of rotatable bonds is 9. The van der Waals surface area contributed by atoms with Crippen LogP contribution in [0.1, 0.15) is 26.6 Å². The Bertz CT molecular complexity index is 1350. The number of carbonyl (C=O) groups is 2. The van der Waals surface area contributed by atoms with E-state index in [1.807, 2.05) is 36.6 Å². The summed E-state index contributed by atoms with van der Waals surface area (Å²) in [5.41, 5.74) is 7.89. The highest BCUT2D eigenvalue weighted by Crippen LogP contribution is 2.22. The fraction of sp³-hybridized carbons (Fsp3) is 0.0769. The van der Waals surface area contributed by atoms with E-state index in [-0.39, 0.29) is 5.91 Å². The van der Waals surface area contributed by atoms with Crippen LogP contribution in [-0.4, -0.2) is 21.8 Å². The number of aromatic nitrogens is 2. The number of nitrogens with zero attached hydrogens (tertiary/aromatic N) is 2. The first kappa shape index (κ1) is 23.7. The first-order valence-electron chi connectivity index (χ1n) is 10.6. The van der Waals surface area contributed by atoms with Gasteiger partial charge in [-0.2, -0.15) is 0 Å². The molecule has 0 spiro atoms. The summed E-state index contributed by atoms with van der Waals surface area (Å²) in [7, 11) is 0. The largest absolute Gasteiger partial charge is 0.487 e. The molecule has 2 aromatic carbocycles. The third-order valence-electron chi connectivity index (χ3n) is 4.71. The molecular formula is C26H22N4O4S. The highest BCUT2D eigenvalue weighted by Gasteiger charge is 2.05. The van der Waals surface area contributed by atoms with Crippen molar-refractivity contribution in [2.45, 2.75) is 13.5 Å². The number of nitrogens with one attached hydrogen (secondary N) is 1. The predicted octanol–water partition coefficient (Wildman–Crippen LogP) is 4.97. The van der Waals surface area contributed by atoms with Gasteiger partial charge in [-0.3, -0.25) is 9.59 Å². The maximum absolute atomic E-state index is 12.3. The van der Waals surface area contributed by atoms with E-state index in [4.69, 9.17) is 15.2 Å². The third-order valence-corrected chi connectivity index (χ3v) is 5.53. The fourth-order valence-electron chi connectivity index (χ4n) is 3.01. The van der Waals surface area contributed by atoms with Gasteiger partial charge in [-0.05, 0) is 55.0 Å². The minimum absolute atomic E-state index is 0.297. The van der Waals surface area contributed by atoms with Crippen LogP contribution in [0.2, 0.25) is 0 Å². The van der Waals surface area contributed by atoms with Gasteiger partial charge >= 0.3 is 0 Å². The second-order valence-corrected chi connectivity index (χ2v) is 8.48. The molecule has 2 aromatic heterocycles. The molecule has 0 unspecified atom stereocenters. The molecule has 4 aromatic rings. The molecule has 0 radical (unpaired) electrons. The van der Waals surface area contributed by atoms with Crippen LogP contribution in [0.15, 0.2) is 78.3 Å². The monoisotopic (exact) mass is 486 g/mol. The molecule has 0 saturated heterocycles. The zero-order chi connectivity index (χ0) is 24.6.